The second kappa shape index (κ2) is 6.15. The van der Waals surface area contributed by atoms with E-state index in [2.05, 4.69) is 64.6 Å². The smallest absolute Gasteiger partial charge is 0.120 e. The van der Waals surface area contributed by atoms with Gasteiger partial charge in [0.15, 0.2) is 0 Å². The molecular weight excluding hydrogens is 314 g/mol. The molecule has 0 aliphatic heterocycles. The zero-order valence-corrected chi connectivity index (χ0v) is 13.3. The molecule has 0 bridgehead atoms. The van der Waals surface area contributed by atoms with Crippen LogP contribution in [0.25, 0.3) is 10.8 Å². The number of halogens is 1. The molecule has 3 rings (SSSR count). The molecule has 1 N–H and O–H groups in total. The molecule has 0 amide bonds. The Balaban J connectivity index is 1.60. The number of benzene rings is 2. The highest BCUT2D eigenvalue weighted by molar-refractivity contribution is 9.10. The molecule has 1 aliphatic carbocycles. The summed E-state index contributed by atoms with van der Waals surface area (Å²) in [6, 6.07) is 13.3. The lowest BCUT2D eigenvalue weighted by Gasteiger charge is -2.36. The van der Waals surface area contributed by atoms with Gasteiger partial charge >= 0.3 is 0 Å². The SMILES string of the molecule is CCCNC1CC(Oc2ccc3cc(Br)ccc3c2)C1. The minimum Gasteiger partial charge on any atom is -0.490 e. The topological polar surface area (TPSA) is 21.3 Å². The van der Waals surface area contributed by atoms with Crippen molar-refractivity contribution in [2.24, 2.45) is 0 Å². The molecule has 1 fully saturated rings. The molecule has 0 unspecified atom stereocenters. The lowest BCUT2D eigenvalue weighted by atomic mass is 9.89. The van der Waals surface area contributed by atoms with Crippen molar-refractivity contribution in [3.63, 3.8) is 0 Å². The van der Waals surface area contributed by atoms with Crippen molar-refractivity contribution in [2.75, 3.05) is 6.54 Å². The van der Waals surface area contributed by atoms with E-state index in [0.717, 1.165) is 29.6 Å². The highest BCUT2D eigenvalue weighted by Gasteiger charge is 2.30. The second-order valence-electron chi connectivity index (χ2n) is 5.52. The van der Waals surface area contributed by atoms with E-state index in [1.807, 2.05) is 0 Å². The fourth-order valence-corrected chi connectivity index (χ4v) is 3.02. The van der Waals surface area contributed by atoms with Crippen molar-refractivity contribution in [1.29, 1.82) is 0 Å². The molecule has 0 spiro atoms. The van der Waals surface area contributed by atoms with Crippen LogP contribution in [-0.2, 0) is 0 Å². The normalized spacial score (nSPS) is 21.7. The van der Waals surface area contributed by atoms with Crippen molar-refractivity contribution in [3.8, 4) is 5.75 Å². The van der Waals surface area contributed by atoms with Crippen LogP contribution in [0.3, 0.4) is 0 Å². The predicted octanol–water partition coefficient (Wildman–Crippen LogP) is 4.51. The van der Waals surface area contributed by atoms with Gasteiger partial charge in [-0.1, -0.05) is 35.0 Å². The standard InChI is InChI=1S/C17H20BrNO/c1-2-7-19-15-10-17(11-15)20-16-6-4-12-8-14(18)5-3-13(12)9-16/h3-6,8-9,15,17,19H,2,7,10-11H2,1H3. The number of nitrogens with one attached hydrogen (secondary N) is 1. The molecule has 106 valence electrons. The minimum absolute atomic E-state index is 0.372. The van der Waals surface area contributed by atoms with Gasteiger partial charge in [-0.15, -0.1) is 0 Å². The summed E-state index contributed by atoms with van der Waals surface area (Å²) >= 11 is 3.50. The average molecular weight is 334 g/mol. The minimum atomic E-state index is 0.372. The van der Waals surface area contributed by atoms with Gasteiger partial charge in [-0.3, -0.25) is 0 Å². The average Bonchev–Trinajstić information content (AvgIpc) is 2.41. The van der Waals surface area contributed by atoms with E-state index in [9.17, 15) is 0 Å². The van der Waals surface area contributed by atoms with E-state index < -0.39 is 0 Å². The van der Waals surface area contributed by atoms with Crippen molar-refractivity contribution >= 4 is 26.7 Å². The first kappa shape index (κ1) is 13.9. The van der Waals surface area contributed by atoms with E-state index in [1.165, 1.54) is 17.2 Å². The number of rotatable bonds is 5. The molecule has 0 radical (unpaired) electrons. The molecule has 0 saturated heterocycles. The molecule has 1 aliphatic rings. The molecular formula is C17H20BrNO. The zero-order valence-electron chi connectivity index (χ0n) is 11.7. The maximum atomic E-state index is 6.05. The molecule has 0 aromatic heterocycles. The van der Waals surface area contributed by atoms with Crippen LogP contribution in [0.15, 0.2) is 40.9 Å². The predicted molar refractivity (Wildman–Crippen MR) is 87.4 cm³/mol. The van der Waals surface area contributed by atoms with Crippen LogP contribution in [0.5, 0.6) is 5.75 Å². The quantitative estimate of drug-likeness (QED) is 0.869. The summed E-state index contributed by atoms with van der Waals surface area (Å²) in [6.07, 6.45) is 3.82. The first-order chi connectivity index (χ1) is 9.74. The monoisotopic (exact) mass is 333 g/mol. The lowest BCUT2D eigenvalue weighted by molar-refractivity contribution is 0.0854. The summed E-state index contributed by atoms with van der Waals surface area (Å²) in [4.78, 5) is 0. The van der Waals surface area contributed by atoms with Crippen molar-refractivity contribution in [1.82, 2.24) is 5.32 Å². The van der Waals surface area contributed by atoms with E-state index in [4.69, 9.17) is 4.74 Å². The van der Waals surface area contributed by atoms with Crippen LogP contribution in [-0.4, -0.2) is 18.7 Å². The number of ether oxygens (including phenoxy) is 1. The fraction of sp³-hybridized carbons (Fsp3) is 0.412. The Morgan fingerprint density at radius 1 is 1.15 bits per heavy atom. The summed E-state index contributed by atoms with van der Waals surface area (Å²) in [5, 5.41) is 6.00. The first-order valence-electron chi connectivity index (χ1n) is 7.34. The van der Waals surface area contributed by atoms with Crippen LogP contribution in [0.4, 0.5) is 0 Å². The van der Waals surface area contributed by atoms with Crippen molar-refractivity contribution in [2.45, 2.75) is 38.3 Å². The Morgan fingerprint density at radius 3 is 2.70 bits per heavy atom. The number of hydrogen-bond donors (Lipinski definition) is 1. The first-order valence-corrected chi connectivity index (χ1v) is 8.13. The second-order valence-corrected chi connectivity index (χ2v) is 6.43. The highest BCUT2D eigenvalue weighted by Crippen LogP contribution is 2.29. The Kier molecular flexibility index (Phi) is 4.27. The van der Waals surface area contributed by atoms with Gasteiger partial charge in [0.1, 0.15) is 11.9 Å². The van der Waals surface area contributed by atoms with E-state index in [-0.39, 0.29) is 0 Å². The third-order valence-electron chi connectivity index (χ3n) is 3.85. The van der Waals surface area contributed by atoms with Gasteiger partial charge in [-0.2, -0.15) is 0 Å². The number of hydrogen-bond acceptors (Lipinski definition) is 2. The van der Waals surface area contributed by atoms with Gasteiger partial charge in [0, 0.05) is 10.5 Å². The molecule has 0 atom stereocenters. The third-order valence-corrected chi connectivity index (χ3v) is 4.35. The fourth-order valence-electron chi connectivity index (χ4n) is 2.64. The van der Waals surface area contributed by atoms with Crippen LogP contribution in [0.2, 0.25) is 0 Å². The maximum Gasteiger partial charge on any atom is 0.120 e. The Morgan fingerprint density at radius 2 is 1.90 bits per heavy atom. The lowest BCUT2D eigenvalue weighted by Crippen LogP contribution is -2.46. The van der Waals surface area contributed by atoms with E-state index in [1.54, 1.807) is 0 Å². The third kappa shape index (κ3) is 3.15. The van der Waals surface area contributed by atoms with Gasteiger partial charge in [0.2, 0.25) is 0 Å². The molecule has 3 heteroatoms. The maximum absolute atomic E-state index is 6.05. The molecule has 2 nitrogen and oxygen atoms in total. The van der Waals surface area contributed by atoms with Gasteiger partial charge in [-0.25, -0.2) is 0 Å². The zero-order chi connectivity index (χ0) is 13.9. The van der Waals surface area contributed by atoms with Gasteiger partial charge in [0.25, 0.3) is 0 Å². The molecule has 0 heterocycles. The number of fused-ring (bicyclic) bond motifs is 1. The molecule has 20 heavy (non-hydrogen) atoms. The van der Waals surface area contributed by atoms with Crippen molar-refractivity contribution < 1.29 is 4.74 Å². The molecule has 2 aromatic carbocycles. The van der Waals surface area contributed by atoms with Crippen LogP contribution in [0.1, 0.15) is 26.2 Å². The van der Waals surface area contributed by atoms with Crippen LogP contribution < -0.4 is 10.1 Å². The highest BCUT2D eigenvalue weighted by atomic mass is 79.9. The van der Waals surface area contributed by atoms with Crippen LogP contribution in [0, 0.1) is 0 Å². The van der Waals surface area contributed by atoms with Gasteiger partial charge in [-0.05, 0) is 60.8 Å². The van der Waals surface area contributed by atoms with Crippen molar-refractivity contribution in [3.05, 3.63) is 40.9 Å². The van der Waals surface area contributed by atoms with E-state index >= 15 is 0 Å². The Bertz CT molecular complexity index is 593. The Labute approximate surface area is 128 Å². The summed E-state index contributed by atoms with van der Waals surface area (Å²) in [5.41, 5.74) is 0. The van der Waals surface area contributed by atoms with E-state index in [0.29, 0.717) is 12.1 Å². The summed E-state index contributed by atoms with van der Waals surface area (Å²) in [7, 11) is 0. The summed E-state index contributed by atoms with van der Waals surface area (Å²) < 4.78 is 7.16. The Hall–Kier alpha value is -1.06. The van der Waals surface area contributed by atoms with Crippen LogP contribution >= 0.6 is 15.9 Å². The summed E-state index contributed by atoms with van der Waals surface area (Å²) in [5.74, 6) is 0.985. The summed E-state index contributed by atoms with van der Waals surface area (Å²) in [6.45, 7) is 3.31. The largest absolute Gasteiger partial charge is 0.490 e. The molecule has 2 aromatic rings. The van der Waals surface area contributed by atoms with Gasteiger partial charge in [0.05, 0.1) is 0 Å². The van der Waals surface area contributed by atoms with Gasteiger partial charge < -0.3 is 10.1 Å². The molecule has 1 saturated carbocycles.